The first-order valence-electron chi connectivity index (χ1n) is 8.26. The SMILES string of the molecule is CC(C)CCN(C(=O)C1CNCc2ccccc21)C1CC1. The van der Waals surface area contributed by atoms with Gasteiger partial charge in [-0.25, -0.2) is 0 Å². The van der Waals surface area contributed by atoms with E-state index in [1.165, 1.54) is 24.0 Å². The van der Waals surface area contributed by atoms with Crippen LogP contribution in [0.5, 0.6) is 0 Å². The Morgan fingerprint density at radius 2 is 2.10 bits per heavy atom. The Hall–Kier alpha value is -1.35. The molecule has 21 heavy (non-hydrogen) atoms. The molecule has 0 aromatic heterocycles. The number of benzene rings is 1. The molecule has 1 aromatic carbocycles. The second-order valence-corrected chi connectivity index (χ2v) is 6.83. The molecular weight excluding hydrogens is 260 g/mol. The number of rotatable bonds is 5. The number of nitrogens with one attached hydrogen (secondary N) is 1. The van der Waals surface area contributed by atoms with Crippen molar-refractivity contribution in [3.05, 3.63) is 35.4 Å². The Bertz CT molecular complexity index is 508. The summed E-state index contributed by atoms with van der Waals surface area (Å²) in [5, 5.41) is 3.40. The van der Waals surface area contributed by atoms with Crippen LogP contribution in [-0.4, -0.2) is 29.9 Å². The van der Waals surface area contributed by atoms with Crippen LogP contribution in [0.4, 0.5) is 0 Å². The highest BCUT2D eigenvalue weighted by molar-refractivity contribution is 5.85. The summed E-state index contributed by atoms with van der Waals surface area (Å²) in [4.78, 5) is 15.2. The molecule has 1 N–H and O–H groups in total. The molecule has 0 bridgehead atoms. The molecule has 3 rings (SSSR count). The summed E-state index contributed by atoms with van der Waals surface area (Å²) < 4.78 is 0. The maximum atomic E-state index is 13.0. The summed E-state index contributed by atoms with van der Waals surface area (Å²) in [5.74, 6) is 0.983. The van der Waals surface area contributed by atoms with Crippen molar-refractivity contribution in [3.63, 3.8) is 0 Å². The van der Waals surface area contributed by atoms with E-state index in [2.05, 4.69) is 48.3 Å². The molecule has 0 saturated heterocycles. The van der Waals surface area contributed by atoms with E-state index in [0.717, 1.165) is 26.1 Å². The maximum absolute atomic E-state index is 13.0. The van der Waals surface area contributed by atoms with Crippen LogP contribution in [0.2, 0.25) is 0 Å². The van der Waals surface area contributed by atoms with Crippen molar-refractivity contribution in [1.82, 2.24) is 10.2 Å². The molecule has 114 valence electrons. The molecule has 1 atom stereocenters. The fourth-order valence-corrected chi connectivity index (χ4v) is 3.17. The van der Waals surface area contributed by atoms with Crippen molar-refractivity contribution < 1.29 is 4.79 Å². The number of hydrogen-bond acceptors (Lipinski definition) is 2. The van der Waals surface area contributed by atoms with E-state index in [0.29, 0.717) is 17.9 Å². The lowest BCUT2D eigenvalue weighted by molar-refractivity contribution is -0.133. The van der Waals surface area contributed by atoms with Gasteiger partial charge in [0.15, 0.2) is 0 Å². The summed E-state index contributed by atoms with van der Waals surface area (Å²) in [6.07, 6.45) is 3.47. The third kappa shape index (κ3) is 3.29. The fourth-order valence-electron chi connectivity index (χ4n) is 3.17. The molecule has 1 aliphatic heterocycles. The molecule has 1 fully saturated rings. The topological polar surface area (TPSA) is 32.3 Å². The van der Waals surface area contributed by atoms with Crippen molar-refractivity contribution in [1.29, 1.82) is 0 Å². The lowest BCUT2D eigenvalue weighted by Crippen LogP contribution is -2.43. The van der Waals surface area contributed by atoms with Crippen LogP contribution in [0.1, 0.15) is 50.2 Å². The van der Waals surface area contributed by atoms with Crippen LogP contribution in [-0.2, 0) is 11.3 Å². The fraction of sp³-hybridized carbons (Fsp3) is 0.611. The average molecular weight is 286 g/mol. The van der Waals surface area contributed by atoms with Gasteiger partial charge in [0.2, 0.25) is 5.91 Å². The van der Waals surface area contributed by atoms with Crippen LogP contribution >= 0.6 is 0 Å². The molecule has 1 aromatic rings. The number of amides is 1. The number of carbonyl (C=O) groups excluding carboxylic acids is 1. The minimum atomic E-state index is 0.00251. The zero-order chi connectivity index (χ0) is 14.8. The van der Waals surface area contributed by atoms with Crippen molar-refractivity contribution >= 4 is 5.91 Å². The van der Waals surface area contributed by atoms with Gasteiger partial charge in [-0.2, -0.15) is 0 Å². The Labute approximate surface area is 127 Å². The molecular formula is C18H26N2O. The van der Waals surface area contributed by atoms with E-state index >= 15 is 0 Å². The van der Waals surface area contributed by atoms with E-state index in [-0.39, 0.29) is 5.92 Å². The van der Waals surface area contributed by atoms with Gasteiger partial charge in [-0.05, 0) is 36.3 Å². The summed E-state index contributed by atoms with van der Waals surface area (Å²) in [6.45, 7) is 7.04. The molecule has 0 radical (unpaired) electrons. The monoisotopic (exact) mass is 286 g/mol. The maximum Gasteiger partial charge on any atom is 0.231 e. The van der Waals surface area contributed by atoms with Gasteiger partial charge in [0, 0.05) is 25.7 Å². The Morgan fingerprint density at radius 3 is 2.81 bits per heavy atom. The summed E-state index contributed by atoms with van der Waals surface area (Å²) in [7, 11) is 0. The predicted molar refractivity (Wildman–Crippen MR) is 85.1 cm³/mol. The zero-order valence-corrected chi connectivity index (χ0v) is 13.1. The van der Waals surface area contributed by atoms with Gasteiger partial charge in [0.1, 0.15) is 0 Å². The molecule has 3 heteroatoms. The van der Waals surface area contributed by atoms with Gasteiger partial charge in [0.05, 0.1) is 5.92 Å². The minimum absolute atomic E-state index is 0.00251. The highest BCUT2D eigenvalue weighted by atomic mass is 16.2. The molecule has 3 nitrogen and oxygen atoms in total. The number of hydrogen-bond donors (Lipinski definition) is 1. The average Bonchev–Trinajstić information content (AvgIpc) is 3.31. The van der Waals surface area contributed by atoms with E-state index in [1.54, 1.807) is 0 Å². The van der Waals surface area contributed by atoms with Crippen LogP contribution in [0.3, 0.4) is 0 Å². The first-order chi connectivity index (χ1) is 10.2. The molecule has 1 amide bonds. The van der Waals surface area contributed by atoms with Crippen molar-refractivity contribution in [2.75, 3.05) is 13.1 Å². The van der Waals surface area contributed by atoms with Crippen molar-refractivity contribution in [2.45, 2.75) is 51.6 Å². The Balaban J connectivity index is 1.77. The van der Waals surface area contributed by atoms with Crippen LogP contribution < -0.4 is 5.32 Å². The number of fused-ring (bicyclic) bond motifs is 1. The first kappa shape index (κ1) is 14.6. The second-order valence-electron chi connectivity index (χ2n) is 6.83. The summed E-state index contributed by atoms with van der Waals surface area (Å²) in [6, 6.07) is 8.89. The highest BCUT2D eigenvalue weighted by Crippen LogP contribution is 2.32. The van der Waals surface area contributed by atoms with Crippen molar-refractivity contribution in [2.24, 2.45) is 5.92 Å². The third-order valence-corrected chi connectivity index (χ3v) is 4.61. The summed E-state index contributed by atoms with van der Waals surface area (Å²) in [5.41, 5.74) is 2.51. The quantitative estimate of drug-likeness (QED) is 0.902. The van der Waals surface area contributed by atoms with Gasteiger partial charge in [-0.1, -0.05) is 38.1 Å². The molecule has 0 spiro atoms. The molecule has 1 aliphatic carbocycles. The largest absolute Gasteiger partial charge is 0.339 e. The Kier molecular flexibility index (Phi) is 4.29. The van der Waals surface area contributed by atoms with Crippen LogP contribution in [0.15, 0.2) is 24.3 Å². The number of nitrogens with zero attached hydrogens (tertiary/aromatic N) is 1. The smallest absolute Gasteiger partial charge is 0.231 e. The van der Waals surface area contributed by atoms with E-state index < -0.39 is 0 Å². The predicted octanol–water partition coefficient (Wildman–Crippen LogP) is 2.91. The van der Waals surface area contributed by atoms with Crippen LogP contribution in [0.25, 0.3) is 0 Å². The van der Waals surface area contributed by atoms with E-state index in [9.17, 15) is 4.79 Å². The highest BCUT2D eigenvalue weighted by Gasteiger charge is 2.37. The van der Waals surface area contributed by atoms with E-state index in [4.69, 9.17) is 0 Å². The minimum Gasteiger partial charge on any atom is -0.339 e. The van der Waals surface area contributed by atoms with Gasteiger partial charge in [0.25, 0.3) is 0 Å². The second kappa shape index (κ2) is 6.18. The molecule has 1 unspecified atom stereocenters. The molecule has 2 aliphatic rings. The Morgan fingerprint density at radius 1 is 1.33 bits per heavy atom. The summed E-state index contributed by atoms with van der Waals surface area (Å²) >= 11 is 0. The van der Waals surface area contributed by atoms with Gasteiger partial charge < -0.3 is 10.2 Å². The van der Waals surface area contributed by atoms with E-state index in [1.807, 2.05) is 0 Å². The van der Waals surface area contributed by atoms with Gasteiger partial charge in [-0.15, -0.1) is 0 Å². The lowest BCUT2D eigenvalue weighted by atomic mass is 9.89. The van der Waals surface area contributed by atoms with Gasteiger partial charge in [-0.3, -0.25) is 4.79 Å². The third-order valence-electron chi connectivity index (χ3n) is 4.61. The first-order valence-corrected chi connectivity index (χ1v) is 8.26. The molecule has 1 saturated carbocycles. The molecule has 1 heterocycles. The van der Waals surface area contributed by atoms with Crippen molar-refractivity contribution in [3.8, 4) is 0 Å². The van der Waals surface area contributed by atoms with Crippen LogP contribution in [0, 0.1) is 5.92 Å². The zero-order valence-electron chi connectivity index (χ0n) is 13.1. The standard InChI is InChI=1S/C18H26N2O/c1-13(2)9-10-20(15-7-8-15)18(21)17-12-19-11-14-5-3-4-6-16(14)17/h3-6,13,15,17,19H,7-12H2,1-2H3. The number of carbonyl (C=O) groups is 1. The normalized spacial score (nSPS) is 21.2. The van der Waals surface area contributed by atoms with Gasteiger partial charge >= 0.3 is 0 Å². The lowest BCUT2D eigenvalue weighted by Gasteiger charge is -2.32.